The van der Waals surface area contributed by atoms with E-state index in [1.54, 1.807) is 6.07 Å². The van der Waals surface area contributed by atoms with Crippen LogP contribution < -0.4 is 10.9 Å². The molecular weight excluding hydrogens is 318 g/mol. The van der Waals surface area contributed by atoms with Crippen molar-refractivity contribution in [2.75, 3.05) is 18.4 Å². The molecule has 1 N–H and O–H groups in total. The van der Waals surface area contributed by atoms with E-state index < -0.39 is 0 Å². The third kappa shape index (κ3) is 2.84. The Kier molecular flexibility index (Phi) is 3.88. The fraction of sp³-hybridized carbons (Fsp3) is 0.368. The molecule has 1 aromatic heterocycles. The van der Waals surface area contributed by atoms with Gasteiger partial charge in [-0.3, -0.25) is 4.79 Å². The quantitative estimate of drug-likeness (QED) is 0.811. The smallest absolute Gasteiger partial charge is 0.250 e. The largest absolute Gasteiger partial charge is 0.348 e. The lowest BCUT2D eigenvalue weighted by molar-refractivity contribution is 0.180. The molecule has 0 radical (unpaired) electrons. The van der Waals surface area contributed by atoms with E-state index >= 15 is 0 Å². The van der Waals surface area contributed by atoms with Gasteiger partial charge in [0.15, 0.2) is 5.11 Å². The number of fused-ring (bicyclic) bond motifs is 4. The zero-order valence-electron chi connectivity index (χ0n) is 13.7. The van der Waals surface area contributed by atoms with Gasteiger partial charge in [0.05, 0.1) is 0 Å². The first-order valence-corrected chi connectivity index (χ1v) is 8.83. The highest BCUT2D eigenvalue weighted by Gasteiger charge is 2.35. The number of nitrogens with zero attached hydrogens (tertiary/aromatic N) is 2. The molecule has 2 atom stereocenters. The second-order valence-electron chi connectivity index (χ2n) is 6.90. The number of hydrogen-bond acceptors (Lipinski definition) is 2. The van der Waals surface area contributed by atoms with Gasteiger partial charge in [0.1, 0.15) is 0 Å². The molecule has 1 aromatic carbocycles. The molecule has 0 aliphatic carbocycles. The van der Waals surface area contributed by atoms with Crippen molar-refractivity contribution >= 4 is 23.0 Å². The molecule has 24 heavy (non-hydrogen) atoms. The molecule has 2 aromatic rings. The van der Waals surface area contributed by atoms with Crippen molar-refractivity contribution in [3.63, 3.8) is 0 Å². The van der Waals surface area contributed by atoms with Gasteiger partial charge in [-0.2, -0.15) is 0 Å². The molecule has 3 heterocycles. The summed E-state index contributed by atoms with van der Waals surface area (Å²) in [6.07, 6.45) is 1.15. The van der Waals surface area contributed by atoms with E-state index in [9.17, 15) is 4.79 Å². The molecule has 1 saturated heterocycles. The van der Waals surface area contributed by atoms with Gasteiger partial charge >= 0.3 is 0 Å². The van der Waals surface area contributed by atoms with E-state index in [4.69, 9.17) is 12.2 Å². The fourth-order valence-corrected chi connectivity index (χ4v) is 4.17. The number of anilines is 1. The van der Waals surface area contributed by atoms with Crippen molar-refractivity contribution < 1.29 is 0 Å². The number of likely N-dealkylation sites (tertiary alicyclic amines) is 1. The highest BCUT2D eigenvalue weighted by atomic mass is 32.1. The van der Waals surface area contributed by atoms with Crippen LogP contribution in [0.25, 0.3) is 0 Å². The van der Waals surface area contributed by atoms with E-state index in [0.29, 0.717) is 11.8 Å². The van der Waals surface area contributed by atoms with Gasteiger partial charge in [-0.15, -0.1) is 0 Å². The summed E-state index contributed by atoms with van der Waals surface area (Å²) < 4.78 is 1.95. The normalized spacial score (nSPS) is 22.0. The van der Waals surface area contributed by atoms with Crippen LogP contribution in [-0.4, -0.2) is 27.7 Å². The molecule has 5 heteroatoms. The van der Waals surface area contributed by atoms with Crippen LogP contribution in [0.3, 0.4) is 0 Å². The first-order valence-electron chi connectivity index (χ1n) is 8.42. The monoisotopic (exact) mass is 339 g/mol. The number of pyridine rings is 1. The van der Waals surface area contributed by atoms with Crippen LogP contribution in [0.4, 0.5) is 5.69 Å². The number of thiocarbonyl (C=S) groups is 1. The Morgan fingerprint density at radius 2 is 1.92 bits per heavy atom. The van der Waals surface area contributed by atoms with Crippen LogP contribution in [0, 0.1) is 12.8 Å². The Hall–Kier alpha value is -2.14. The molecule has 4 rings (SSSR count). The second-order valence-corrected chi connectivity index (χ2v) is 7.29. The number of rotatable bonds is 1. The van der Waals surface area contributed by atoms with Gasteiger partial charge < -0.3 is 14.8 Å². The number of nitrogens with one attached hydrogen (secondary N) is 1. The second kappa shape index (κ2) is 6.06. The zero-order valence-corrected chi connectivity index (χ0v) is 14.6. The van der Waals surface area contributed by atoms with Crippen molar-refractivity contribution in [2.24, 2.45) is 5.92 Å². The van der Waals surface area contributed by atoms with E-state index in [-0.39, 0.29) is 5.56 Å². The summed E-state index contributed by atoms with van der Waals surface area (Å²) in [5.41, 5.74) is 3.54. The van der Waals surface area contributed by atoms with Crippen LogP contribution in [0.1, 0.15) is 23.6 Å². The summed E-state index contributed by atoms with van der Waals surface area (Å²) in [7, 11) is 0. The SMILES string of the molecule is Cc1ccc(NC(=S)N2C[C@H]3C[C@H](C2)c2cccc(=O)n2C3)cc1. The van der Waals surface area contributed by atoms with E-state index in [1.807, 2.05) is 10.6 Å². The molecule has 1 fully saturated rings. The Morgan fingerprint density at radius 1 is 1.12 bits per heavy atom. The Bertz CT molecular complexity index is 827. The van der Waals surface area contributed by atoms with Gasteiger partial charge in [-0.05, 0) is 49.7 Å². The maximum Gasteiger partial charge on any atom is 0.250 e. The van der Waals surface area contributed by atoms with Gasteiger partial charge in [-0.1, -0.05) is 23.8 Å². The van der Waals surface area contributed by atoms with Gasteiger partial charge in [0.25, 0.3) is 5.56 Å². The van der Waals surface area contributed by atoms with Crippen LogP contribution >= 0.6 is 12.2 Å². The first kappa shape index (κ1) is 15.4. The van der Waals surface area contributed by atoms with Crippen molar-refractivity contribution in [2.45, 2.75) is 25.8 Å². The van der Waals surface area contributed by atoms with Gasteiger partial charge in [-0.25, -0.2) is 0 Å². The molecule has 4 nitrogen and oxygen atoms in total. The summed E-state index contributed by atoms with van der Waals surface area (Å²) in [5, 5.41) is 4.13. The van der Waals surface area contributed by atoms with Crippen molar-refractivity contribution in [1.82, 2.24) is 9.47 Å². The third-order valence-corrected chi connectivity index (χ3v) is 5.43. The minimum absolute atomic E-state index is 0.121. The van der Waals surface area contributed by atoms with Crippen molar-refractivity contribution in [3.05, 3.63) is 64.1 Å². The third-order valence-electron chi connectivity index (χ3n) is 5.07. The molecule has 2 aliphatic rings. The predicted octanol–water partition coefficient (Wildman–Crippen LogP) is 2.97. The number of piperidine rings is 1. The molecule has 0 saturated carbocycles. The lowest BCUT2D eigenvalue weighted by Crippen LogP contribution is -2.50. The topological polar surface area (TPSA) is 37.3 Å². The molecule has 2 bridgehead atoms. The number of benzene rings is 1. The minimum atomic E-state index is 0.121. The summed E-state index contributed by atoms with van der Waals surface area (Å²) in [6.45, 7) is 4.66. The molecule has 0 unspecified atom stereocenters. The van der Waals surface area contributed by atoms with Crippen LogP contribution in [-0.2, 0) is 6.54 Å². The Morgan fingerprint density at radius 3 is 2.71 bits per heavy atom. The number of hydrogen-bond donors (Lipinski definition) is 1. The zero-order chi connectivity index (χ0) is 16.7. The Labute approximate surface area is 147 Å². The van der Waals surface area contributed by atoms with Crippen LogP contribution in [0.5, 0.6) is 0 Å². The highest BCUT2D eigenvalue weighted by Crippen LogP contribution is 2.35. The average molecular weight is 339 g/mol. The van der Waals surface area contributed by atoms with Gasteiger partial charge in [0, 0.05) is 43.0 Å². The molecule has 2 aliphatic heterocycles. The minimum Gasteiger partial charge on any atom is -0.348 e. The summed E-state index contributed by atoms with van der Waals surface area (Å²) >= 11 is 5.64. The van der Waals surface area contributed by atoms with Crippen molar-refractivity contribution in [1.29, 1.82) is 0 Å². The lowest BCUT2D eigenvalue weighted by atomic mass is 9.83. The molecule has 124 valence electrons. The summed E-state index contributed by atoms with van der Waals surface area (Å²) in [4.78, 5) is 14.3. The van der Waals surface area contributed by atoms with E-state index in [0.717, 1.165) is 42.5 Å². The highest BCUT2D eigenvalue weighted by molar-refractivity contribution is 7.80. The maximum absolute atomic E-state index is 12.1. The van der Waals surface area contributed by atoms with E-state index in [1.165, 1.54) is 5.56 Å². The van der Waals surface area contributed by atoms with Crippen LogP contribution in [0.15, 0.2) is 47.3 Å². The maximum atomic E-state index is 12.1. The number of aryl methyl sites for hydroxylation is 1. The first-order chi connectivity index (χ1) is 11.6. The number of aromatic nitrogens is 1. The van der Waals surface area contributed by atoms with Crippen molar-refractivity contribution in [3.8, 4) is 0 Å². The van der Waals surface area contributed by atoms with Gasteiger partial charge in [0.2, 0.25) is 0 Å². The van der Waals surface area contributed by atoms with E-state index in [2.05, 4.69) is 47.5 Å². The molecule has 0 spiro atoms. The summed E-state index contributed by atoms with van der Waals surface area (Å²) in [5.74, 6) is 0.860. The Balaban J connectivity index is 1.52. The van der Waals surface area contributed by atoms with Crippen LogP contribution in [0.2, 0.25) is 0 Å². The molecular formula is C19H21N3OS. The lowest BCUT2D eigenvalue weighted by Gasteiger charge is -2.43. The predicted molar refractivity (Wildman–Crippen MR) is 101 cm³/mol. The molecule has 0 amide bonds. The standard InChI is InChI=1S/C19H21N3OS/c1-13-5-7-16(8-6-13)20-19(24)21-10-14-9-15(12-21)17-3-2-4-18(23)22(17)11-14/h2-8,14-15H,9-12H2,1H3,(H,20,24)/t14-,15-/m1/s1. The summed E-state index contributed by atoms with van der Waals surface area (Å²) in [6, 6.07) is 13.9. The fourth-order valence-electron chi connectivity index (χ4n) is 3.90. The average Bonchev–Trinajstić information content (AvgIpc) is 2.58.